The Balaban J connectivity index is 2.15. The number of hydrogen-bond acceptors (Lipinski definition) is 6. The quantitative estimate of drug-likeness (QED) is 0.569. The molecular weight excluding hydrogens is 340 g/mol. The van der Waals surface area contributed by atoms with E-state index in [9.17, 15) is 9.90 Å². The van der Waals surface area contributed by atoms with Crippen LogP contribution in [0.5, 0.6) is 0 Å². The van der Waals surface area contributed by atoms with Gasteiger partial charge in [0, 0.05) is 5.92 Å². The number of fused-ring (bicyclic) bond motifs is 1. The molecule has 2 rings (SSSR count). The third-order valence-electron chi connectivity index (χ3n) is 5.82. The zero-order valence-corrected chi connectivity index (χ0v) is 17.8. The van der Waals surface area contributed by atoms with Gasteiger partial charge in [0.25, 0.3) is 0 Å². The standard InChI is InChI=1S/C18H34O6Si/c1-9-21-13(19)10-12-14-15(24-17(5,6)23-14)18(12,20)11-22-25(7,8)16(2,3)4/h12,14-15,20H,9-11H2,1-8H3/t12-,14-,15-,18-/m0/s1. The van der Waals surface area contributed by atoms with Crippen LogP contribution in [0.3, 0.4) is 0 Å². The molecule has 1 N–H and O–H groups in total. The molecule has 1 heterocycles. The van der Waals surface area contributed by atoms with Crippen molar-refractivity contribution in [2.24, 2.45) is 5.92 Å². The van der Waals surface area contributed by atoms with Crippen molar-refractivity contribution in [2.45, 2.75) is 89.7 Å². The minimum Gasteiger partial charge on any atom is -0.466 e. The minimum absolute atomic E-state index is 0.0372. The fourth-order valence-electron chi connectivity index (χ4n) is 3.24. The first-order chi connectivity index (χ1) is 11.2. The van der Waals surface area contributed by atoms with Crippen LogP contribution in [0, 0.1) is 5.92 Å². The molecule has 2 aliphatic rings. The van der Waals surface area contributed by atoms with Crippen LogP contribution in [0.15, 0.2) is 0 Å². The summed E-state index contributed by atoms with van der Waals surface area (Å²) in [6.45, 7) is 16.6. The topological polar surface area (TPSA) is 74.2 Å². The number of esters is 1. The van der Waals surface area contributed by atoms with Crippen LogP contribution in [0.2, 0.25) is 18.1 Å². The second-order valence-electron chi connectivity index (χ2n) is 9.18. The highest BCUT2D eigenvalue weighted by Gasteiger charge is 2.69. The Labute approximate surface area is 152 Å². The maximum absolute atomic E-state index is 12.0. The van der Waals surface area contributed by atoms with Gasteiger partial charge in [-0.3, -0.25) is 4.79 Å². The molecule has 0 amide bonds. The highest BCUT2D eigenvalue weighted by atomic mass is 28.4. The highest BCUT2D eigenvalue weighted by Crippen LogP contribution is 2.53. The van der Waals surface area contributed by atoms with Gasteiger partial charge in [-0.15, -0.1) is 0 Å². The SMILES string of the molecule is CCOC(=O)C[C@H]1[C@@H]2OC(C)(C)O[C@@H]2[C@]1(O)CO[Si](C)(C)C(C)(C)C. The molecule has 0 aromatic carbocycles. The van der Waals surface area contributed by atoms with Crippen molar-refractivity contribution in [1.82, 2.24) is 0 Å². The molecule has 6 nitrogen and oxygen atoms in total. The maximum Gasteiger partial charge on any atom is 0.306 e. The summed E-state index contributed by atoms with van der Waals surface area (Å²) in [6.07, 6.45) is -0.689. The summed E-state index contributed by atoms with van der Waals surface area (Å²) >= 11 is 0. The fraction of sp³-hybridized carbons (Fsp3) is 0.944. The van der Waals surface area contributed by atoms with Crippen molar-refractivity contribution < 1.29 is 28.5 Å². The number of ether oxygens (including phenoxy) is 3. The van der Waals surface area contributed by atoms with E-state index in [4.69, 9.17) is 18.6 Å². The third-order valence-corrected chi connectivity index (χ3v) is 10.3. The Bertz CT molecular complexity index is 512. The summed E-state index contributed by atoms with van der Waals surface area (Å²) in [7, 11) is -2.03. The molecule has 0 aromatic heterocycles. The molecule has 1 saturated carbocycles. The molecule has 0 bridgehead atoms. The van der Waals surface area contributed by atoms with Crippen LogP contribution >= 0.6 is 0 Å². The van der Waals surface area contributed by atoms with Gasteiger partial charge in [0.2, 0.25) is 0 Å². The van der Waals surface area contributed by atoms with Crippen molar-refractivity contribution in [3.63, 3.8) is 0 Å². The highest BCUT2D eigenvalue weighted by molar-refractivity contribution is 6.74. The zero-order valence-electron chi connectivity index (χ0n) is 16.8. The molecule has 1 saturated heterocycles. The molecule has 1 aliphatic heterocycles. The van der Waals surface area contributed by atoms with Gasteiger partial charge < -0.3 is 23.7 Å². The van der Waals surface area contributed by atoms with Gasteiger partial charge in [-0.2, -0.15) is 0 Å². The average Bonchev–Trinajstić information content (AvgIpc) is 2.75. The van der Waals surface area contributed by atoms with Crippen LogP contribution in [0.25, 0.3) is 0 Å². The average molecular weight is 375 g/mol. The first-order valence-electron chi connectivity index (χ1n) is 9.11. The summed E-state index contributed by atoms with van der Waals surface area (Å²) in [4.78, 5) is 12.0. The van der Waals surface area contributed by atoms with Crippen LogP contribution < -0.4 is 0 Å². The zero-order chi connectivity index (χ0) is 19.3. The molecule has 1 aliphatic carbocycles. The minimum atomic E-state index is -2.03. The van der Waals surface area contributed by atoms with Crippen molar-refractivity contribution in [3.8, 4) is 0 Å². The third kappa shape index (κ3) is 3.95. The summed E-state index contributed by atoms with van der Waals surface area (Å²) in [6, 6.07) is 0. The Hall–Kier alpha value is -0.473. The van der Waals surface area contributed by atoms with Crippen molar-refractivity contribution in [2.75, 3.05) is 13.2 Å². The van der Waals surface area contributed by atoms with Gasteiger partial charge >= 0.3 is 5.97 Å². The fourth-order valence-corrected chi connectivity index (χ4v) is 4.27. The number of carbonyl (C=O) groups is 1. The van der Waals surface area contributed by atoms with E-state index < -0.39 is 25.8 Å². The van der Waals surface area contributed by atoms with E-state index in [1.807, 2.05) is 13.8 Å². The van der Waals surface area contributed by atoms with Gasteiger partial charge in [-0.1, -0.05) is 20.8 Å². The molecule has 146 valence electrons. The number of rotatable bonds is 6. The van der Waals surface area contributed by atoms with E-state index in [1.54, 1.807) is 6.92 Å². The number of carbonyl (C=O) groups excluding carboxylic acids is 1. The summed E-state index contributed by atoms with van der Waals surface area (Å²) < 4.78 is 23.1. The molecule has 0 radical (unpaired) electrons. The van der Waals surface area contributed by atoms with E-state index in [2.05, 4.69) is 33.9 Å². The first-order valence-corrected chi connectivity index (χ1v) is 12.0. The molecule has 0 unspecified atom stereocenters. The summed E-state index contributed by atoms with van der Waals surface area (Å²) in [5, 5.41) is 11.3. The van der Waals surface area contributed by atoms with Crippen LogP contribution in [0.4, 0.5) is 0 Å². The van der Waals surface area contributed by atoms with Gasteiger partial charge in [-0.25, -0.2) is 0 Å². The largest absolute Gasteiger partial charge is 0.466 e. The lowest BCUT2D eigenvalue weighted by Gasteiger charge is -2.53. The predicted molar refractivity (Wildman–Crippen MR) is 96.7 cm³/mol. The molecule has 0 aromatic rings. The van der Waals surface area contributed by atoms with Crippen LogP contribution in [-0.2, 0) is 23.4 Å². The lowest BCUT2D eigenvalue weighted by molar-refractivity contribution is -0.233. The van der Waals surface area contributed by atoms with E-state index in [0.29, 0.717) is 6.61 Å². The maximum atomic E-state index is 12.0. The normalized spacial score (nSPS) is 34.4. The van der Waals surface area contributed by atoms with E-state index in [0.717, 1.165) is 0 Å². The Morgan fingerprint density at radius 2 is 1.84 bits per heavy atom. The molecular formula is C18H34O6Si. The number of aliphatic hydroxyl groups is 1. The molecule has 4 atom stereocenters. The number of hydrogen-bond donors (Lipinski definition) is 1. The van der Waals surface area contributed by atoms with Gasteiger partial charge in [0.1, 0.15) is 11.7 Å². The molecule has 25 heavy (non-hydrogen) atoms. The van der Waals surface area contributed by atoms with Gasteiger partial charge in [-0.05, 0) is 38.9 Å². The second-order valence-corrected chi connectivity index (χ2v) is 14.0. The Morgan fingerprint density at radius 3 is 2.36 bits per heavy atom. The van der Waals surface area contributed by atoms with E-state index >= 15 is 0 Å². The first kappa shape index (κ1) is 20.8. The van der Waals surface area contributed by atoms with Gasteiger partial charge in [0.15, 0.2) is 14.1 Å². The predicted octanol–water partition coefficient (Wildman–Crippen LogP) is 2.84. The van der Waals surface area contributed by atoms with Crippen molar-refractivity contribution in [3.05, 3.63) is 0 Å². The molecule has 2 fully saturated rings. The summed E-state index contributed by atoms with van der Waals surface area (Å²) in [5.74, 6) is -1.49. The van der Waals surface area contributed by atoms with E-state index in [1.165, 1.54) is 0 Å². The van der Waals surface area contributed by atoms with E-state index in [-0.39, 0.29) is 36.1 Å². The second kappa shape index (κ2) is 6.60. The molecule has 7 heteroatoms. The summed E-state index contributed by atoms with van der Waals surface area (Å²) in [5.41, 5.74) is -1.24. The van der Waals surface area contributed by atoms with Crippen molar-refractivity contribution in [1.29, 1.82) is 0 Å². The Morgan fingerprint density at radius 1 is 1.24 bits per heavy atom. The van der Waals surface area contributed by atoms with Gasteiger partial charge in [0.05, 0.1) is 25.7 Å². The monoisotopic (exact) mass is 374 g/mol. The lowest BCUT2D eigenvalue weighted by Crippen LogP contribution is -2.71. The Kier molecular flexibility index (Phi) is 5.50. The van der Waals surface area contributed by atoms with Crippen LogP contribution in [0.1, 0.15) is 48.0 Å². The lowest BCUT2D eigenvalue weighted by atomic mass is 9.63. The smallest absolute Gasteiger partial charge is 0.306 e. The molecule has 0 spiro atoms. The van der Waals surface area contributed by atoms with Crippen molar-refractivity contribution >= 4 is 14.3 Å². The van der Waals surface area contributed by atoms with Crippen LogP contribution in [-0.4, -0.2) is 56.2 Å².